The van der Waals surface area contributed by atoms with Crippen LogP contribution in [0, 0.1) is 0 Å². The van der Waals surface area contributed by atoms with Crippen LogP contribution in [0.5, 0.6) is 5.75 Å². The number of thioether (sulfide) groups is 1. The van der Waals surface area contributed by atoms with Crippen molar-refractivity contribution in [3.8, 4) is 5.75 Å². The van der Waals surface area contributed by atoms with Crippen LogP contribution >= 0.6 is 23.4 Å². The fraction of sp³-hybridized carbons (Fsp3) is 0.0690. The van der Waals surface area contributed by atoms with Gasteiger partial charge in [0.2, 0.25) is 0 Å². The van der Waals surface area contributed by atoms with Crippen LogP contribution in [0.2, 0.25) is 5.02 Å². The van der Waals surface area contributed by atoms with E-state index in [0.29, 0.717) is 38.7 Å². The van der Waals surface area contributed by atoms with E-state index in [-0.39, 0.29) is 5.91 Å². The Morgan fingerprint density at radius 2 is 1.76 bits per heavy atom. The summed E-state index contributed by atoms with van der Waals surface area (Å²) in [6.45, 7) is 0.360. The summed E-state index contributed by atoms with van der Waals surface area (Å²) in [7, 11) is 1.33. The number of ether oxygens (including phenoxy) is 2. The first-order valence-corrected chi connectivity index (χ1v) is 12.6. The van der Waals surface area contributed by atoms with Crippen molar-refractivity contribution in [2.75, 3.05) is 7.11 Å². The average Bonchev–Trinajstić information content (AvgIpc) is 3.27. The van der Waals surface area contributed by atoms with Gasteiger partial charge in [0.1, 0.15) is 12.4 Å². The number of nitrogens with one attached hydrogen (secondary N) is 1. The lowest BCUT2D eigenvalue weighted by Crippen LogP contribution is -2.19. The average molecular weight is 529 g/mol. The minimum atomic E-state index is -0.419. The van der Waals surface area contributed by atoms with Crippen LogP contribution in [0.25, 0.3) is 16.8 Å². The highest BCUT2D eigenvalue weighted by Crippen LogP contribution is 2.35. The van der Waals surface area contributed by atoms with E-state index in [0.717, 1.165) is 21.9 Å². The fourth-order valence-corrected chi connectivity index (χ4v) is 4.76. The number of halogens is 1. The molecule has 1 amide bonds. The summed E-state index contributed by atoms with van der Waals surface area (Å²) >= 11 is 7.24. The van der Waals surface area contributed by atoms with Gasteiger partial charge >= 0.3 is 5.97 Å². The van der Waals surface area contributed by atoms with Crippen molar-refractivity contribution < 1.29 is 19.1 Å². The van der Waals surface area contributed by atoms with Gasteiger partial charge in [-0.2, -0.15) is 0 Å². The molecule has 0 atom stereocenters. The molecule has 37 heavy (non-hydrogen) atoms. The van der Waals surface area contributed by atoms with Gasteiger partial charge in [-0.25, -0.2) is 9.79 Å². The van der Waals surface area contributed by atoms with E-state index in [2.05, 4.69) is 10.3 Å². The molecule has 1 aliphatic heterocycles. The van der Waals surface area contributed by atoms with Crippen LogP contribution < -0.4 is 10.1 Å². The Bertz CT molecular complexity index is 1550. The van der Waals surface area contributed by atoms with Gasteiger partial charge in [0.05, 0.1) is 23.3 Å². The summed E-state index contributed by atoms with van der Waals surface area (Å²) in [6.07, 6.45) is 1.84. The lowest BCUT2D eigenvalue weighted by atomic mass is 10.0. The SMILES string of the molecule is COC(=O)c1ccc(N=C2NC(=O)/C(=C/c3c(OCc4ccc(Cl)cc4)ccc4ccccc34)S2)cc1. The Kier molecular flexibility index (Phi) is 7.25. The monoisotopic (exact) mass is 528 g/mol. The number of fused-ring (bicyclic) bond motifs is 1. The van der Waals surface area contributed by atoms with Crippen LogP contribution in [-0.4, -0.2) is 24.2 Å². The second-order valence-corrected chi connectivity index (χ2v) is 9.60. The number of carbonyl (C=O) groups excluding carboxylic acids is 2. The van der Waals surface area contributed by atoms with Gasteiger partial charge in [-0.1, -0.05) is 54.1 Å². The third-order valence-electron chi connectivity index (χ3n) is 5.68. The molecule has 1 N–H and O–H groups in total. The highest BCUT2D eigenvalue weighted by atomic mass is 35.5. The van der Waals surface area contributed by atoms with E-state index in [4.69, 9.17) is 21.1 Å². The number of hydrogen-bond donors (Lipinski definition) is 1. The van der Waals surface area contributed by atoms with E-state index >= 15 is 0 Å². The summed E-state index contributed by atoms with van der Waals surface area (Å²) < 4.78 is 10.9. The van der Waals surface area contributed by atoms with Crippen molar-refractivity contribution in [3.05, 3.63) is 112 Å². The van der Waals surface area contributed by atoms with Crippen LogP contribution in [0.4, 0.5) is 5.69 Å². The van der Waals surface area contributed by atoms with Crippen molar-refractivity contribution in [2.45, 2.75) is 6.61 Å². The summed E-state index contributed by atoms with van der Waals surface area (Å²) in [4.78, 5) is 29.5. The molecule has 8 heteroatoms. The smallest absolute Gasteiger partial charge is 0.337 e. The predicted molar refractivity (Wildman–Crippen MR) is 148 cm³/mol. The molecule has 6 nitrogen and oxygen atoms in total. The van der Waals surface area contributed by atoms with E-state index in [1.165, 1.54) is 18.9 Å². The maximum atomic E-state index is 12.8. The van der Waals surface area contributed by atoms with E-state index in [1.54, 1.807) is 24.3 Å². The summed E-state index contributed by atoms with van der Waals surface area (Å²) in [5.74, 6) is 0.00185. The van der Waals surface area contributed by atoms with Gasteiger partial charge in [0.15, 0.2) is 5.17 Å². The topological polar surface area (TPSA) is 77.0 Å². The lowest BCUT2D eigenvalue weighted by Gasteiger charge is -2.13. The van der Waals surface area contributed by atoms with Crippen molar-refractivity contribution in [1.82, 2.24) is 5.32 Å². The minimum absolute atomic E-state index is 0.244. The van der Waals surface area contributed by atoms with E-state index in [1.807, 2.05) is 66.7 Å². The first kappa shape index (κ1) is 24.6. The molecule has 4 aromatic carbocycles. The molecule has 0 bridgehead atoms. The Morgan fingerprint density at radius 3 is 2.51 bits per heavy atom. The molecule has 0 aliphatic carbocycles. The third kappa shape index (κ3) is 5.69. The number of rotatable bonds is 6. The van der Waals surface area contributed by atoms with E-state index < -0.39 is 5.97 Å². The zero-order valence-corrected chi connectivity index (χ0v) is 21.3. The molecule has 184 valence electrons. The Hall–Kier alpha value is -4.07. The lowest BCUT2D eigenvalue weighted by molar-refractivity contribution is -0.115. The van der Waals surface area contributed by atoms with Crippen LogP contribution in [0.1, 0.15) is 21.5 Å². The summed E-state index contributed by atoms with van der Waals surface area (Å²) in [6, 6.07) is 26.0. The van der Waals surface area contributed by atoms with Crippen molar-refractivity contribution >= 4 is 62.9 Å². The standard InChI is InChI=1S/C29H21ClN2O4S/c1-35-28(34)20-8-13-22(14-9-20)31-29-32-27(33)26(37-29)16-24-23-5-3-2-4-19(23)10-15-25(24)36-17-18-6-11-21(30)12-7-18/h2-16H,17H2,1H3,(H,31,32,33)/b26-16-. The van der Waals surface area contributed by atoms with E-state index in [9.17, 15) is 9.59 Å². The quantitative estimate of drug-likeness (QED) is 0.221. The number of esters is 1. The zero-order valence-electron chi connectivity index (χ0n) is 19.7. The van der Waals surface area contributed by atoms with Gasteiger partial charge in [-0.15, -0.1) is 0 Å². The third-order valence-corrected chi connectivity index (χ3v) is 6.85. The molecule has 1 aliphatic rings. The molecular formula is C29H21ClN2O4S. The number of nitrogens with zero attached hydrogens (tertiary/aromatic N) is 1. The first-order chi connectivity index (χ1) is 18.0. The van der Waals surface area contributed by atoms with Gasteiger partial charge in [-0.3, -0.25) is 4.79 Å². The Morgan fingerprint density at radius 1 is 1.00 bits per heavy atom. The largest absolute Gasteiger partial charge is 0.488 e. The van der Waals surface area contributed by atoms with Crippen molar-refractivity contribution in [3.63, 3.8) is 0 Å². The molecule has 1 saturated heterocycles. The second-order valence-electron chi connectivity index (χ2n) is 8.13. The number of benzene rings is 4. The van der Waals surface area contributed by atoms with Crippen LogP contribution in [0.15, 0.2) is 94.8 Å². The van der Waals surface area contributed by atoms with Gasteiger partial charge in [0.25, 0.3) is 5.91 Å². The maximum Gasteiger partial charge on any atom is 0.337 e. The molecule has 5 rings (SSSR count). The normalized spacial score (nSPS) is 15.2. The molecular weight excluding hydrogens is 508 g/mol. The molecule has 0 aromatic heterocycles. The number of amides is 1. The van der Waals surface area contributed by atoms with Gasteiger partial charge in [0, 0.05) is 10.6 Å². The second kappa shape index (κ2) is 10.9. The molecule has 0 saturated carbocycles. The molecule has 1 fully saturated rings. The van der Waals surface area contributed by atoms with Crippen molar-refractivity contribution in [1.29, 1.82) is 0 Å². The summed E-state index contributed by atoms with van der Waals surface area (Å²) in [5.41, 5.74) is 2.83. The minimum Gasteiger partial charge on any atom is -0.488 e. The highest BCUT2D eigenvalue weighted by molar-refractivity contribution is 8.18. The zero-order chi connectivity index (χ0) is 25.8. The highest BCUT2D eigenvalue weighted by Gasteiger charge is 2.25. The van der Waals surface area contributed by atoms with Crippen molar-refractivity contribution in [2.24, 2.45) is 4.99 Å². The molecule has 0 radical (unpaired) electrons. The molecule has 1 heterocycles. The van der Waals surface area contributed by atoms with Gasteiger partial charge in [-0.05, 0) is 76.6 Å². The summed E-state index contributed by atoms with van der Waals surface area (Å²) in [5, 5.41) is 5.94. The van der Waals surface area contributed by atoms with Gasteiger partial charge < -0.3 is 14.8 Å². The maximum absolute atomic E-state index is 12.8. The number of methoxy groups -OCH3 is 1. The number of carbonyl (C=O) groups is 2. The Balaban J connectivity index is 1.43. The Labute approximate surface area is 223 Å². The number of amidine groups is 1. The number of aliphatic imine (C=N–C) groups is 1. The molecule has 0 unspecified atom stereocenters. The molecule has 4 aromatic rings. The van der Waals surface area contributed by atoms with Crippen LogP contribution in [0.3, 0.4) is 0 Å². The van der Waals surface area contributed by atoms with Crippen LogP contribution in [-0.2, 0) is 16.1 Å². The first-order valence-electron chi connectivity index (χ1n) is 11.4. The molecule has 0 spiro atoms. The number of hydrogen-bond acceptors (Lipinski definition) is 6. The predicted octanol–water partition coefficient (Wildman–Crippen LogP) is 6.75. The fourth-order valence-electron chi connectivity index (χ4n) is 3.81.